The standard InChI is InChI=1S/C13H16N2O2/c1-16-13-6-10(7-14)2-3-12(13)15-8-11-4-5-17-9-11/h2-3,6,11,15H,4-5,8-9H2,1H3. The van der Waals surface area contributed by atoms with Gasteiger partial charge in [0.2, 0.25) is 0 Å². The Morgan fingerprint density at radius 1 is 1.59 bits per heavy atom. The van der Waals surface area contributed by atoms with Gasteiger partial charge in [-0.25, -0.2) is 0 Å². The lowest BCUT2D eigenvalue weighted by molar-refractivity contribution is 0.187. The molecule has 1 atom stereocenters. The van der Waals surface area contributed by atoms with E-state index < -0.39 is 0 Å². The van der Waals surface area contributed by atoms with Crippen LogP contribution in [0.5, 0.6) is 5.75 Å². The number of ether oxygens (including phenoxy) is 2. The smallest absolute Gasteiger partial charge is 0.143 e. The molecule has 1 aliphatic rings. The van der Waals surface area contributed by atoms with Crippen molar-refractivity contribution >= 4 is 5.69 Å². The average Bonchev–Trinajstić information content (AvgIpc) is 2.89. The van der Waals surface area contributed by atoms with E-state index in [-0.39, 0.29) is 0 Å². The van der Waals surface area contributed by atoms with Gasteiger partial charge in [-0.2, -0.15) is 5.26 Å². The fraction of sp³-hybridized carbons (Fsp3) is 0.462. The SMILES string of the molecule is COc1cc(C#N)ccc1NCC1CCOC1. The quantitative estimate of drug-likeness (QED) is 0.862. The number of nitrogens with zero attached hydrogens (tertiary/aromatic N) is 1. The van der Waals surface area contributed by atoms with Crippen molar-refractivity contribution in [2.45, 2.75) is 6.42 Å². The number of anilines is 1. The second-order valence-corrected chi connectivity index (χ2v) is 4.14. The van der Waals surface area contributed by atoms with Gasteiger partial charge in [-0.1, -0.05) is 0 Å². The third kappa shape index (κ3) is 2.89. The van der Waals surface area contributed by atoms with Crippen molar-refractivity contribution in [2.24, 2.45) is 5.92 Å². The number of benzene rings is 1. The van der Waals surface area contributed by atoms with Crippen molar-refractivity contribution in [3.63, 3.8) is 0 Å². The zero-order chi connectivity index (χ0) is 12.1. The Labute approximate surface area is 101 Å². The molecule has 1 aliphatic heterocycles. The van der Waals surface area contributed by atoms with E-state index in [1.807, 2.05) is 6.07 Å². The van der Waals surface area contributed by atoms with Crippen LogP contribution in [0.2, 0.25) is 0 Å². The van der Waals surface area contributed by atoms with Gasteiger partial charge in [0.15, 0.2) is 0 Å². The van der Waals surface area contributed by atoms with E-state index in [1.165, 1.54) is 0 Å². The zero-order valence-electron chi connectivity index (χ0n) is 9.90. The first-order valence-corrected chi connectivity index (χ1v) is 5.73. The highest BCUT2D eigenvalue weighted by molar-refractivity contribution is 5.59. The molecule has 0 aromatic heterocycles. The van der Waals surface area contributed by atoms with Crippen LogP contribution < -0.4 is 10.1 Å². The fourth-order valence-corrected chi connectivity index (χ4v) is 1.91. The van der Waals surface area contributed by atoms with Gasteiger partial charge in [0.1, 0.15) is 5.75 Å². The fourth-order valence-electron chi connectivity index (χ4n) is 1.91. The lowest BCUT2D eigenvalue weighted by Gasteiger charge is -2.13. The Morgan fingerprint density at radius 2 is 2.47 bits per heavy atom. The van der Waals surface area contributed by atoms with E-state index in [0.717, 1.165) is 31.9 Å². The summed E-state index contributed by atoms with van der Waals surface area (Å²) in [5, 5.41) is 12.2. The van der Waals surface area contributed by atoms with Gasteiger partial charge in [0.05, 0.1) is 31.0 Å². The van der Waals surface area contributed by atoms with E-state index in [0.29, 0.717) is 17.2 Å². The lowest BCUT2D eigenvalue weighted by Crippen LogP contribution is -2.14. The summed E-state index contributed by atoms with van der Waals surface area (Å²) in [5.41, 5.74) is 1.54. The topological polar surface area (TPSA) is 54.3 Å². The zero-order valence-corrected chi connectivity index (χ0v) is 9.90. The number of nitrogens with one attached hydrogen (secondary N) is 1. The third-order valence-corrected chi connectivity index (χ3v) is 2.94. The van der Waals surface area contributed by atoms with Crippen molar-refractivity contribution in [3.8, 4) is 11.8 Å². The minimum atomic E-state index is 0.565. The summed E-state index contributed by atoms with van der Waals surface area (Å²) >= 11 is 0. The molecule has 1 fully saturated rings. The monoisotopic (exact) mass is 232 g/mol. The molecular formula is C13H16N2O2. The van der Waals surface area contributed by atoms with Gasteiger partial charge in [-0.3, -0.25) is 0 Å². The first-order chi connectivity index (χ1) is 8.33. The summed E-state index contributed by atoms with van der Waals surface area (Å²) in [6.07, 6.45) is 1.10. The molecule has 0 aliphatic carbocycles. The molecule has 1 heterocycles. The van der Waals surface area contributed by atoms with Crippen LogP contribution in [-0.2, 0) is 4.74 Å². The van der Waals surface area contributed by atoms with Gasteiger partial charge in [0, 0.05) is 25.1 Å². The summed E-state index contributed by atoms with van der Waals surface area (Å²) in [5.74, 6) is 1.28. The van der Waals surface area contributed by atoms with E-state index in [4.69, 9.17) is 14.7 Å². The molecule has 90 valence electrons. The second-order valence-electron chi connectivity index (χ2n) is 4.14. The van der Waals surface area contributed by atoms with Crippen LogP contribution in [0.1, 0.15) is 12.0 Å². The first kappa shape index (κ1) is 11.7. The van der Waals surface area contributed by atoms with Crippen LogP contribution in [0.25, 0.3) is 0 Å². The summed E-state index contributed by atoms with van der Waals surface area (Å²) < 4.78 is 10.6. The van der Waals surface area contributed by atoms with Crippen molar-refractivity contribution in [1.29, 1.82) is 5.26 Å². The number of methoxy groups -OCH3 is 1. The van der Waals surface area contributed by atoms with Crippen molar-refractivity contribution < 1.29 is 9.47 Å². The maximum atomic E-state index is 8.81. The van der Waals surface area contributed by atoms with Crippen LogP contribution in [0.4, 0.5) is 5.69 Å². The third-order valence-electron chi connectivity index (χ3n) is 2.94. The molecule has 0 bridgehead atoms. The Kier molecular flexibility index (Phi) is 3.84. The van der Waals surface area contributed by atoms with Crippen molar-refractivity contribution in [3.05, 3.63) is 23.8 Å². The molecule has 4 heteroatoms. The Morgan fingerprint density at radius 3 is 3.12 bits per heavy atom. The Bertz CT molecular complexity index is 420. The Hall–Kier alpha value is -1.73. The van der Waals surface area contributed by atoms with Crippen LogP contribution in [0.3, 0.4) is 0 Å². The average molecular weight is 232 g/mol. The molecule has 0 spiro atoms. The predicted octanol–water partition coefficient (Wildman–Crippen LogP) is 2.02. The van der Waals surface area contributed by atoms with Crippen LogP contribution in [-0.4, -0.2) is 26.9 Å². The molecule has 1 unspecified atom stereocenters. The number of hydrogen-bond acceptors (Lipinski definition) is 4. The molecule has 1 aromatic carbocycles. The van der Waals surface area contributed by atoms with Gasteiger partial charge < -0.3 is 14.8 Å². The van der Waals surface area contributed by atoms with Crippen molar-refractivity contribution in [2.75, 3.05) is 32.2 Å². The molecule has 0 saturated carbocycles. The van der Waals surface area contributed by atoms with E-state index in [2.05, 4.69) is 11.4 Å². The second kappa shape index (κ2) is 5.55. The maximum Gasteiger partial charge on any atom is 0.143 e. The molecule has 0 radical (unpaired) electrons. The van der Waals surface area contributed by atoms with Gasteiger partial charge in [-0.05, 0) is 18.6 Å². The predicted molar refractivity (Wildman–Crippen MR) is 65.1 cm³/mol. The highest BCUT2D eigenvalue weighted by Crippen LogP contribution is 2.26. The summed E-state index contributed by atoms with van der Waals surface area (Å²) in [6.45, 7) is 2.56. The van der Waals surface area contributed by atoms with Gasteiger partial charge in [0.25, 0.3) is 0 Å². The van der Waals surface area contributed by atoms with Crippen LogP contribution in [0.15, 0.2) is 18.2 Å². The van der Waals surface area contributed by atoms with Gasteiger partial charge in [-0.15, -0.1) is 0 Å². The van der Waals surface area contributed by atoms with Gasteiger partial charge >= 0.3 is 0 Å². The summed E-state index contributed by atoms with van der Waals surface area (Å²) in [7, 11) is 1.61. The highest BCUT2D eigenvalue weighted by Gasteiger charge is 2.15. The largest absolute Gasteiger partial charge is 0.495 e. The molecule has 2 rings (SSSR count). The number of rotatable bonds is 4. The van der Waals surface area contributed by atoms with Crippen LogP contribution in [0, 0.1) is 17.2 Å². The first-order valence-electron chi connectivity index (χ1n) is 5.73. The molecule has 0 amide bonds. The van der Waals surface area contributed by atoms with E-state index in [1.54, 1.807) is 19.2 Å². The molecule has 1 aromatic rings. The van der Waals surface area contributed by atoms with Crippen LogP contribution >= 0.6 is 0 Å². The Balaban J connectivity index is 2.01. The van der Waals surface area contributed by atoms with E-state index >= 15 is 0 Å². The molecular weight excluding hydrogens is 216 g/mol. The van der Waals surface area contributed by atoms with Crippen molar-refractivity contribution in [1.82, 2.24) is 0 Å². The van der Waals surface area contributed by atoms with E-state index in [9.17, 15) is 0 Å². The number of nitriles is 1. The molecule has 4 nitrogen and oxygen atoms in total. The molecule has 17 heavy (non-hydrogen) atoms. The number of hydrogen-bond donors (Lipinski definition) is 1. The summed E-state index contributed by atoms with van der Waals surface area (Å²) in [6, 6.07) is 7.51. The molecule has 1 saturated heterocycles. The molecule has 1 N–H and O–H groups in total. The highest BCUT2D eigenvalue weighted by atomic mass is 16.5. The summed E-state index contributed by atoms with van der Waals surface area (Å²) in [4.78, 5) is 0. The maximum absolute atomic E-state index is 8.81. The minimum absolute atomic E-state index is 0.565. The normalized spacial score (nSPS) is 18.7. The lowest BCUT2D eigenvalue weighted by atomic mass is 10.1. The minimum Gasteiger partial charge on any atom is -0.495 e.